The van der Waals surface area contributed by atoms with Crippen molar-refractivity contribution in [1.82, 2.24) is 4.57 Å². The lowest BCUT2D eigenvalue weighted by atomic mass is 9.95. The van der Waals surface area contributed by atoms with Crippen molar-refractivity contribution in [2.75, 3.05) is 19.5 Å². The topological polar surface area (TPSA) is 91.2 Å². The molecule has 1 atom stereocenters. The van der Waals surface area contributed by atoms with Gasteiger partial charge in [-0.15, -0.1) is 0 Å². The number of hydrogen-bond donors (Lipinski definition) is 1. The molecule has 8 nitrogen and oxygen atoms in total. The zero-order valence-corrected chi connectivity index (χ0v) is 26.9. The van der Waals surface area contributed by atoms with Crippen LogP contribution >= 0.6 is 22.9 Å². The van der Waals surface area contributed by atoms with Crippen LogP contribution in [0.15, 0.2) is 118 Å². The number of carbonyl (C=O) groups excluding carboxylic acids is 1. The van der Waals surface area contributed by atoms with Crippen LogP contribution in [0.25, 0.3) is 6.08 Å². The predicted molar refractivity (Wildman–Crippen MR) is 181 cm³/mol. The Morgan fingerprint density at radius 2 is 1.74 bits per heavy atom. The van der Waals surface area contributed by atoms with E-state index < -0.39 is 6.04 Å². The minimum atomic E-state index is -0.747. The van der Waals surface area contributed by atoms with Gasteiger partial charge < -0.3 is 19.5 Å². The Bertz CT molecular complexity index is 2120. The molecule has 2 heterocycles. The van der Waals surface area contributed by atoms with Crippen molar-refractivity contribution in [1.29, 1.82) is 0 Å². The molecule has 6 rings (SSSR count). The largest absolute Gasteiger partial charge is 0.497 e. The fourth-order valence-electron chi connectivity index (χ4n) is 5.30. The van der Waals surface area contributed by atoms with E-state index in [-0.39, 0.29) is 18.1 Å². The number of nitrogens with one attached hydrogen (secondary N) is 1. The highest BCUT2D eigenvalue weighted by atomic mass is 35.5. The van der Waals surface area contributed by atoms with Crippen molar-refractivity contribution in [3.63, 3.8) is 0 Å². The fraction of sp³-hybridized carbons (Fsp3) is 0.139. The van der Waals surface area contributed by atoms with Gasteiger partial charge in [0, 0.05) is 16.3 Å². The fourth-order valence-corrected chi connectivity index (χ4v) is 6.46. The summed E-state index contributed by atoms with van der Waals surface area (Å²) in [6, 6.07) is 28.7. The minimum Gasteiger partial charge on any atom is -0.497 e. The van der Waals surface area contributed by atoms with Crippen LogP contribution in [-0.2, 0) is 11.4 Å². The van der Waals surface area contributed by atoms with E-state index >= 15 is 0 Å². The number of hydrogen-bond acceptors (Lipinski definition) is 7. The van der Waals surface area contributed by atoms with Crippen molar-refractivity contribution in [2.24, 2.45) is 4.99 Å². The van der Waals surface area contributed by atoms with E-state index in [1.54, 1.807) is 50.0 Å². The number of anilines is 1. The van der Waals surface area contributed by atoms with Gasteiger partial charge in [-0.1, -0.05) is 77.5 Å². The van der Waals surface area contributed by atoms with E-state index in [0.717, 1.165) is 5.56 Å². The number of rotatable bonds is 9. The number of carbonyl (C=O) groups is 1. The summed E-state index contributed by atoms with van der Waals surface area (Å²) in [7, 11) is 3.15. The average Bonchev–Trinajstić information content (AvgIpc) is 3.38. The molecule has 1 aromatic heterocycles. The number of para-hydroxylation sites is 2. The first-order chi connectivity index (χ1) is 22.4. The van der Waals surface area contributed by atoms with E-state index in [1.807, 2.05) is 78.9 Å². The summed E-state index contributed by atoms with van der Waals surface area (Å²) in [4.78, 5) is 33.3. The Kier molecular flexibility index (Phi) is 9.05. The zero-order valence-electron chi connectivity index (χ0n) is 25.3. The van der Waals surface area contributed by atoms with Gasteiger partial charge >= 0.3 is 0 Å². The monoisotopic (exact) mass is 651 g/mol. The van der Waals surface area contributed by atoms with Crippen LogP contribution in [0.4, 0.5) is 5.69 Å². The molecule has 1 aliphatic heterocycles. The third-order valence-electron chi connectivity index (χ3n) is 7.52. The number of methoxy groups -OCH3 is 2. The minimum absolute atomic E-state index is 0.272. The number of amides is 1. The molecule has 0 unspecified atom stereocenters. The number of aromatic nitrogens is 1. The van der Waals surface area contributed by atoms with E-state index in [4.69, 9.17) is 30.8 Å². The molecule has 0 radical (unpaired) electrons. The lowest BCUT2D eigenvalue weighted by molar-refractivity contribution is -0.113. The molecular formula is C36H30ClN3O5S. The van der Waals surface area contributed by atoms with E-state index in [9.17, 15) is 9.59 Å². The van der Waals surface area contributed by atoms with E-state index in [1.165, 1.54) is 11.3 Å². The molecule has 1 aliphatic rings. The Hall–Kier alpha value is -5.12. The van der Waals surface area contributed by atoms with Crippen molar-refractivity contribution in [3.05, 3.63) is 150 Å². The third kappa shape index (κ3) is 6.33. The van der Waals surface area contributed by atoms with Gasteiger partial charge in [0.2, 0.25) is 0 Å². The highest BCUT2D eigenvalue weighted by Crippen LogP contribution is 2.34. The van der Waals surface area contributed by atoms with Gasteiger partial charge in [-0.05, 0) is 66.6 Å². The average molecular weight is 652 g/mol. The highest BCUT2D eigenvalue weighted by molar-refractivity contribution is 7.07. The van der Waals surface area contributed by atoms with Gasteiger partial charge in [0.25, 0.3) is 11.5 Å². The van der Waals surface area contributed by atoms with Crippen LogP contribution in [0.3, 0.4) is 0 Å². The number of ether oxygens (including phenoxy) is 3. The molecule has 232 valence electrons. The summed E-state index contributed by atoms with van der Waals surface area (Å²) >= 11 is 7.30. The molecule has 0 saturated heterocycles. The Morgan fingerprint density at radius 3 is 2.48 bits per heavy atom. The van der Waals surface area contributed by atoms with Crippen LogP contribution in [0, 0.1) is 0 Å². The number of halogens is 1. The van der Waals surface area contributed by atoms with Crippen molar-refractivity contribution in [3.8, 4) is 17.2 Å². The van der Waals surface area contributed by atoms with Crippen molar-refractivity contribution in [2.45, 2.75) is 19.6 Å². The summed E-state index contributed by atoms with van der Waals surface area (Å²) in [5, 5.41) is 3.61. The second-order valence-corrected chi connectivity index (χ2v) is 11.9. The maximum atomic E-state index is 14.3. The van der Waals surface area contributed by atoms with Crippen molar-refractivity contribution < 1.29 is 19.0 Å². The first kappa shape index (κ1) is 30.9. The van der Waals surface area contributed by atoms with Crippen LogP contribution in [0.2, 0.25) is 5.02 Å². The molecule has 1 amide bonds. The second-order valence-electron chi connectivity index (χ2n) is 10.5. The molecule has 0 spiro atoms. The molecular weight excluding hydrogens is 622 g/mol. The summed E-state index contributed by atoms with van der Waals surface area (Å²) in [6.45, 7) is 2.06. The Labute approximate surface area is 274 Å². The van der Waals surface area contributed by atoms with Gasteiger partial charge in [0.1, 0.15) is 12.4 Å². The normalized spacial score (nSPS) is 14.3. The third-order valence-corrected chi connectivity index (χ3v) is 8.75. The van der Waals surface area contributed by atoms with E-state index in [2.05, 4.69) is 5.32 Å². The molecule has 0 aliphatic carbocycles. The van der Waals surface area contributed by atoms with Gasteiger partial charge in [-0.3, -0.25) is 14.2 Å². The SMILES string of the molecule is COc1cccc([C@@H]2C(C(=O)Nc3ccccc3)=C(C)N=c3s/c(=C\c4cccc(OC)c4OCc4ccc(Cl)cc4)c(=O)n32)c1. The Balaban J connectivity index is 1.46. The number of thiazole rings is 1. The molecule has 1 N–H and O–H groups in total. The van der Waals surface area contributed by atoms with Crippen molar-refractivity contribution >= 4 is 40.6 Å². The highest BCUT2D eigenvalue weighted by Gasteiger charge is 2.33. The standard InChI is InChI=1S/C36H30ClN3O5S/c1-22-31(34(41)39-27-11-5-4-6-12-27)32(24-9-7-13-28(19-24)43-2)40-35(42)30(46-36(40)38-22)20-25-10-8-14-29(44-3)33(25)45-21-23-15-17-26(37)18-16-23/h4-20,32H,21H2,1-3H3,(H,39,41)/b30-20-/t32-/m1/s1. The second kappa shape index (κ2) is 13.5. The lowest BCUT2D eigenvalue weighted by Crippen LogP contribution is -2.40. The van der Waals surface area contributed by atoms with E-state index in [0.29, 0.717) is 59.7 Å². The summed E-state index contributed by atoms with van der Waals surface area (Å²) in [6.07, 6.45) is 1.77. The smallest absolute Gasteiger partial charge is 0.271 e. The first-order valence-electron chi connectivity index (χ1n) is 14.4. The van der Waals surface area contributed by atoms with Crippen LogP contribution in [0.1, 0.15) is 29.7 Å². The van der Waals surface area contributed by atoms with Gasteiger partial charge in [-0.25, -0.2) is 4.99 Å². The summed E-state index contributed by atoms with van der Waals surface area (Å²) in [5.41, 5.74) is 3.53. The summed E-state index contributed by atoms with van der Waals surface area (Å²) < 4.78 is 19.4. The molecule has 4 aromatic carbocycles. The quantitative estimate of drug-likeness (QED) is 0.207. The van der Waals surface area contributed by atoms with Crippen LogP contribution in [0.5, 0.6) is 17.2 Å². The molecule has 46 heavy (non-hydrogen) atoms. The maximum absolute atomic E-state index is 14.3. The van der Waals surface area contributed by atoms with Gasteiger partial charge in [-0.2, -0.15) is 0 Å². The molecule has 0 saturated carbocycles. The predicted octanol–water partition coefficient (Wildman–Crippen LogP) is 6.12. The molecule has 0 fully saturated rings. The van der Waals surface area contributed by atoms with Gasteiger partial charge in [0.05, 0.1) is 36.1 Å². The first-order valence-corrected chi connectivity index (χ1v) is 15.6. The number of allylic oxidation sites excluding steroid dienone is 1. The lowest BCUT2D eigenvalue weighted by Gasteiger charge is -2.25. The molecule has 5 aromatic rings. The maximum Gasteiger partial charge on any atom is 0.271 e. The number of nitrogens with zero attached hydrogens (tertiary/aromatic N) is 2. The van der Waals surface area contributed by atoms with Gasteiger partial charge in [0.15, 0.2) is 16.3 Å². The van der Waals surface area contributed by atoms with Crippen LogP contribution in [-0.4, -0.2) is 24.7 Å². The Morgan fingerprint density at radius 1 is 0.978 bits per heavy atom. The zero-order chi connectivity index (χ0) is 32.2. The van der Waals surface area contributed by atoms with Crippen LogP contribution < -0.4 is 34.4 Å². The molecule has 10 heteroatoms. The molecule has 0 bridgehead atoms. The summed E-state index contributed by atoms with van der Waals surface area (Å²) in [5.74, 6) is 1.28. The number of fused-ring (bicyclic) bond motifs is 1. The number of benzene rings is 4.